The van der Waals surface area contributed by atoms with Gasteiger partial charge in [-0.15, -0.1) is 0 Å². The number of rotatable bonds is 8. The predicted molar refractivity (Wildman–Crippen MR) is 169 cm³/mol. The molecule has 0 spiro atoms. The van der Waals surface area contributed by atoms with E-state index in [1.807, 2.05) is 25.2 Å². The Balaban J connectivity index is 1.26. The average Bonchev–Trinajstić information content (AvgIpc) is 3.59. The molecule has 4 heterocycles. The van der Waals surface area contributed by atoms with E-state index in [-0.39, 0.29) is 5.91 Å². The van der Waals surface area contributed by atoms with Crippen molar-refractivity contribution in [2.24, 2.45) is 7.05 Å². The third kappa shape index (κ3) is 5.71. The summed E-state index contributed by atoms with van der Waals surface area (Å²) in [5.74, 6) is 0.820. The van der Waals surface area contributed by atoms with Crippen molar-refractivity contribution in [3.05, 3.63) is 48.2 Å². The third-order valence-corrected chi connectivity index (χ3v) is 9.31. The lowest BCUT2D eigenvalue weighted by Gasteiger charge is -2.41. The number of fused-ring (bicyclic) bond motifs is 1. The molecule has 1 saturated carbocycles. The molecule has 3 aromatic heterocycles. The van der Waals surface area contributed by atoms with Crippen molar-refractivity contribution < 1.29 is 9.53 Å². The van der Waals surface area contributed by atoms with Gasteiger partial charge in [-0.3, -0.25) is 14.4 Å². The number of piperazine rings is 1. The molecule has 2 fully saturated rings. The summed E-state index contributed by atoms with van der Waals surface area (Å²) < 4.78 is 9.83. The maximum absolute atomic E-state index is 13.2. The Bertz CT molecular complexity index is 1590. The van der Waals surface area contributed by atoms with Crippen molar-refractivity contribution in [1.82, 2.24) is 34.1 Å². The molecular weight excluding hydrogens is 542 g/mol. The fourth-order valence-electron chi connectivity index (χ4n) is 6.83. The zero-order valence-electron chi connectivity index (χ0n) is 25.7. The first-order valence-corrected chi connectivity index (χ1v) is 15.4. The maximum atomic E-state index is 13.2. The summed E-state index contributed by atoms with van der Waals surface area (Å²) in [6.45, 7) is 6.71. The van der Waals surface area contributed by atoms with Crippen LogP contribution in [0.25, 0.3) is 22.2 Å². The Morgan fingerprint density at radius 1 is 1.07 bits per heavy atom. The van der Waals surface area contributed by atoms with Gasteiger partial charge in [0.1, 0.15) is 23.5 Å². The topological polar surface area (TPSA) is 119 Å². The highest BCUT2D eigenvalue weighted by molar-refractivity contribution is 6.06. The molecule has 0 unspecified atom stereocenters. The van der Waals surface area contributed by atoms with E-state index in [1.165, 1.54) is 12.8 Å². The van der Waals surface area contributed by atoms with Crippen molar-refractivity contribution in [2.75, 3.05) is 51.4 Å². The van der Waals surface area contributed by atoms with Crippen LogP contribution in [-0.2, 0) is 13.5 Å². The van der Waals surface area contributed by atoms with Gasteiger partial charge in [0.25, 0.3) is 5.91 Å². The molecule has 1 aliphatic carbocycles. The summed E-state index contributed by atoms with van der Waals surface area (Å²) in [6.07, 6.45) is 11.6. The van der Waals surface area contributed by atoms with E-state index in [2.05, 4.69) is 49.9 Å². The molecule has 6 rings (SSSR count). The van der Waals surface area contributed by atoms with Gasteiger partial charge in [0.15, 0.2) is 0 Å². The first kappa shape index (κ1) is 29.1. The highest BCUT2D eigenvalue weighted by Gasteiger charge is 2.30. The van der Waals surface area contributed by atoms with Gasteiger partial charge in [-0.2, -0.15) is 5.10 Å². The predicted octanol–water partition coefficient (Wildman–Crippen LogP) is 4.36. The molecule has 1 amide bonds. The second kappa shape index (κ2) is 12.3. The highest BCUT2D eigenvalue weighted by atomic mass is 16.5. The lowest BCUT2D eigenvalue weighted by Crippen LogP contribution is -2.49. The smallest absolute Gasteiger partial charge is 0.259 e. The molecule has 3 N–H and O–H groups in total. The minimum atomic E-state index is -0.205. The second-order valence-electron chi connectivity index (χ2n) is 12.0. The van der Waals surface area contributed by atoms with E-state index in [4.69, 9.17) is 15.5 Å². The van der Waals surface area contributed by atoms with Gasteiger partial charge in [0.05, 0.1) is 35.6 Å². The van der Waals surface area contributed by atoms with E-state index >= 15 is 0 Å². The first-order chi connectivity index (χ1) is 20.9. The van der Waals surface area contributed by atoms with Crippen LogP contribution in [-0.4, -0.2) is 86.4 Å². The standard InChI is InChI=1S/C32H43N9O2/c1-5-6-27-24(18-36-39(27)3)32(42)37-26-12-7-21(17-28(26)43-4)25-19-41(31-29(25)30(33)34-20-35-31)23-10-8-22(9-11-23)40-15-13-38(2)14-16-40/h7,12,17-20,22-23H,5-6,8-11,13-16H2,1-4H3,(H,37,42)(H2,33,34,35). The minimum absolute atomic E-state index is 0.205. The average molecular weight is 586 g/mol. The minimum Gasteiger partial charge on any atom is -0.495 e. The number of likely N-dealkylation sites (N-methyl/N-ethyl adjacent to an activating group) is 1. The molecule has 11 heteroatoms. The molecule has 1 aliphatic heterocycles. The van der Waals surface area contributed by atoms with E-state index in [9.17, 15) is 4.79 Å². The molecular formula is C32H43N9O2. The van der Waals surface area contributed by atoms with Crippen molar-refractivity contribution in [3.63, 3.8) is 0 Å². The number of hydrogen-bond donors (Lipinski definition) is 2. The Labute approximate surface area is 253 Å². The number of nitrogens with two attached hydrogens (primary N) is 1. The molecule has 228 valence electrons. The number of hydrogen-bond acceptors (Lipinski definition) is 8. The number of nitrogens with one attached hydrogen (secondary N) is 1. The molecule has 0 atom stereocenters. The number of nitrogens with zero attached hydrogens (tertiary/aromatic N) is 7. The number of aromatic nitrogens is 5. The maximum Gasteiger partial charge on any atom is 0.259 e. The fraction of sp³-hybridized carbons (Fsp3) is 0.500. The van der Waals surface area contributed by atoms with Crippen LogP contribution in [0, 0.1) is 0 Å². The van der Waals surface area contributed by atoms with Crippen LogP contribution >= 0.6 is 0 Å². The number of nitrogen functional groups attached to an aromatic ring is 1. The summed E-state index contributed by atoms with van der Waals surface area (Å²) in [5, 5.41) is 8.18. The quantitative estimate of drug-likeness (QED) is 0.313. The Morgan fingerprint density at radius 2 is 1.81 bits per heavy atom. The number of aryl methyl sites for hydroxylation is 1. The zero-order chi connectivity index (χ0) is 30.1. The number of carbonyl (C=O) groups excluding carboxylic acids is 1. The summed E-state index contributed by atoms with van der Waals surface area (Å²) >= 11 is 0. The fourth-order valence-corrected chi connectivity index (χ4v) is 6.83. The van der Waals surface area contributed by atoms with Crippen LogP contribution in [0.15, 0.2) is 36.9 Å². The van der Waals surface area contributed by atoms with Gasteiger partial charge in [0.2, 0.25) is 0 Å². The van der Waals surface area contributed by atoms with Crippen LogP contribution in [0.1, 0.15) is 61.1 Å². The van der Waals surface area contributed by atoms with Crippen LogP contribution < -0.4 is 15.8 Å². The molecule has 1 saturated heterocycles. The largest absolute Gasteiger partial charge is 0.495 e. The van der Waals surface area contributed by atoms with E-state index in [0.29, 0.717) is 34.9 Å². The van der Waals surface area contributed by atoms with Gasteiger partial charge in [-0.1, -0.05) is 19.4 Å². The van der Waals surface area contributed by atoms with Crippen LogP contribution in [0.2, 0.25) is 0 Å². The third-order valence-electron chi connectivity index (χ3n) is 9.31. The number of benzene rings is 1. The van der Waals surface area contributed by atoms with Gasteiger partial charge >= 0.3 is 0 Å². The summed E-state index contributed by atoms with van der Waals surface area (Å²) in [7, 11) is 5.68. The number of ether oxygens (including phenoxy) is 1. The molecule has 1 aromatic carbocycles. The second-order valence-corrected chi connectivity index (χ2v) is 12.0. The van der Waals surface area contributed by atoms with Crippen molar-refractivity contribution in [2.45, 2.75) is 57.5 Å². The molecule has 2 aliphatic rings. The lowest BCUT2D eigenvalue weighted by atomic mass is 9.89. The number of methoxy groups -OCH3 is 1. The summed E-state index contributed by atoms with van der Waals surface area (Å²) in [6, 6.07) is 6.83. The van der Waals surface area contributed by atoms with Crippen LogP contribution in [0.4, 0.5) is 11.5 Å². The molecule has 4 aromatic rings. The number of amides is 1. The first-order valence-electron chi connectivity index (χ1n) is 15.4. The number of carbonyl (C=O) groups is 1. The molecule has 11 nitrogen and oxygen atoms in total. The lowest BCUT2D eigenvalue weighted by molar-refractivity contribution is 0.0828. The van der Waals surface area contributed by atoms with Crippen molar-refractivity contribution in [3.8, 4) is 16.9 Å². The monoisotopic (exact) mass is 585 g/mol. The van der Waals surface area contributed by atoms with E-state index < -0.39 is 0 Å². The Kier molecular flexibility index (Phi) is 8.36. The molecule has 0 radical (unpaired) electrons. The zero-order valence-corrected chi connectivity index (χ0v) is 25.7. The van der Waals surface area contributed by atoms with E-state index in [0.717, 1.165) is 79.7 Å². The Morgan fingerprint density at radius 3 is 2.53 bits per heavy atom. The van der Waals surface area contributed by atoms with Crippen molar-refractivity contribution in [1.29, 1.82) is 0 Å². The van der Waals surface area contributed by atoms with Gasteiger partial charge in [0, 0.05) is 57.1 Å². The number of anilines is 2. The van der Waals surface area contributed by atoms with Crippen LogP contribution in [0.5, 0.6) is 5.75 Å². The van der Waals surface area contributed by atoms with Gasteiger partial charge in [-0.05, 0) is 56.8 Å². The Hall–Kier alpha value is -3.96. The molecule has 43 heavy (non-hydrogen) atoms. The molecule has 0 bridgehead atoms. The summed E-state index contributed by atoms with van der Waals surface area (Å²) in [4.78, 5) is 27.4. The summed E-state index contributed by atoms with van der Waals surface area (Å²) in [5.41, 5.74) is 11.3. The SMILES string of the molecule is CCCc1c(C(=O)Nc2ccc(-c3cn(C4CCC(N5CCN(C)CC5)CC4)c4ncnc(N)c34)cc2OC)cnn1C. The van der Waals surface area contributed by atoms with Crippen LogP contribution in [0.3, 0.4) is 0 Å². The van der Waals surface area contributed by atoms with E-state index in [1.54, 1.807) is 24.3 Å². The van der Waals surface area contributed by atoms with Gasteiger partial charge < -0.3 is 25.3 Å². The van der Waals surface area contributed by atoms with Gasteiger partial charge in [-0.25, -0.2) is 9.97 Å². The van der Waals surface area contributed by atoms with Crippen molar-refractivity contribution >= 4 is 28.4 Å². The normalized spacial score (nSPS) is 20.0. The highest BCUT2D eigenvalue weighted by Crippen LogP contribution is 2.40.